The van der Waals surface area contributed by atoms with E-state index in [4.69, 9.17) is 9.84 Å². The van der Waals surface area contributed by atoms with Crippen LogP contribution in [0.3, 0.4) is 0 Å². The Kier molecular flexibility index (Phi) is 3.05. The minimum absolute atomic E-state index is 0.109. The summed E-state index contributed by atoms with van der Waals surface area (Å²) in [7, 11) is 1.44. The molecule has 86 valence electrons. The normalized spacial score (nSPS) is 19.7. The first-order valence-electron chi connectivity index (χ1n) is 5.21. The molecule has 1 unspecified atom stereocenters. The van der Waals surface area contributed by atoms with E-state index in [0.29, 0.717) is 5.92 Å². The summed E-state index contributed by atoms with van der Waals surface area (Å²) in [6, 6.07) is 3.32. The van der Waals surface area contributed by atoms with Gasteiger partial charge in [0.2, 0.25) is 5.88 Å². The van der Waals surface area contributed by atoms with Crippen LogP contribution in [0.1, 0.15) is 28.4 Å². The maximum Gasteiger partial charge on any atom is 0.341 e. The standard InChI is InChI=1S/C11H14N2O3/c1-16-10-8(11(14)15)2-3-9(13-10)7-4-5-12-6-7/h2-3,7,12H,4-6H2,1H3,(H,14,15). The summed E-state index contributed by atoms with van der Waals surface area (Å²) in [5.74, 6) is -0.464. The van der Waals surface area contributed by atoms with Gasteiger partial charge in [-0.1, -0.05) is 0 Å². The van der Waals surface area contributed by atoms with Crippen molar-refractivity contribution in [3.8, 4) is 5.88 Å². The SMILES string of the molecule is COc1nc(C2CCNC2)ccc1C(=O)O. The molecule has 0 saturated carbocycles. The molecular weight excluding hydrogens is 208 g/mol. The van der Waals surface area contributed by atoms with Crippen LogP contribution in [0.25, 0.3) is 0 Å². The lowest BCUT2D eigenvalue weighted by Crippen LogP contribution is -2.10. The molecule has 1 aromatic heterocycles. The molecule has 16 heavy (non-hydrogen) atoms. The highest BCUT2D eigenvalue weighted by atomic mass is 16.5. The lowest BCUT2D eigenvalue weighted by Gasteiger charge is -2.10. The molecule has 5 nitrogen and oxygen atoms in total. The van der Waals surface area contributed by atoms with Crippen molar-refractivity contribution >= 4 is 5.97 Å². The second-order valence-corrected chi connectivity index (χ2v) is 3.79. The summed E-state index contributed by atoms with van der Waals surface area (Å²) in [5, 5.41) is 12.2. The van der Waals surface area contributed by atoms with E-state index in [-0.39, 0.29) is 11.4 Å². The molecule has 2 heterocycles. The van der Waals surface area contributed by atoms with Gasteiger partial charge in [-0.2, -0.15) is 0 Å². The van der Waals surface area contributed by atoms with Crippen molar-refractivity contribution in [1.82, 2.24) is 10.3 Å². The first kappa shape index (κ1) is 10.9. The highest BCUT2D eigenvalue weighted by Crippen LogP contribution is 2.24. The zero-order valence-electron chi connectivity index (χ0n) is 9.06. The van der Waals surface area contributed by atoms with Crippen molar-refractivity contribution in [3.05, 3.63) is 23.4 Å². The van der Waals surface area contributed by atoms with E-state index in [2.05, 4.69) is 10.3 Å². The Bertz CT molecular complexity index is 400. The average molecular weight is 222 g/mol. The fraction of sp³-hybridized carbons (Fsp3) is 0.455. The van der Waals surface area contributed by atoms with Crippen LogP contribution in [0, 0.1) is 0 Å². The second kappa shape index (κ2) is 4.49. The number of carboxylic acid groups (broad SMARTS) is 1. The Labute approximate surface area is 93.5 Å². The average Bonchev–Trinajstić information content (AvgIpc) is 2.81. The van der Waals surface area contributed by atoms with E-state index >= 15 is 0 Å². The maximum absolute atomic E-state index is 10.9. The quantitative estimate of drug-likeness (QED) is 0.793. The van der Waals surface area contributed by atoms with Gasteiger partial charge >= 0.3 is 5.97 Å². The van der Waals surface area contributed by atoms with Gasteiger partial charge in [0.25, 0.3) is 0 Å². The van der Waals surface area contributed by atoms with Gasteiger partial charge in [0.1, 0.15) is 5.56 Å². The van der Waals surface area contributed by atoms with Crippen molar-refractivity contribution < 1.29 is 14.6 Å². The molecule has 1 aromatic rings. The summed E-state index contributed by atoms with van der Waals surface area (Å²) in [5.41, 5.74) is 1.00. The van der Waals surface area contributed by atoms with Crippen molar-refractivity contribution in [2.45, 2.75) is 12.3 Å². The predicted octanol–water partition coefficient (Wildman–Crippen LogP) is 0.865. The number of aromatic carboxylic acids is 1. The van der Waals surface area contributed by atoms with Crippen LogP contribution in [0.2, 0.25) is 0 Å². The summed E-state index contributed by atoms with van der Waals surface area (Å²) >= 11 is 0. The number of carbonyl (C=O) groups is 1. The Hall–Kier alpha value is -1.62. The molecule has 1 aliphatic heterocycles. The lowest BCUT2D eigenvalue weighted by atomic mass is 10.0. The minimum Gasteiger partial charge on any atom is -0.480 e. The molecule has 0 amide bonds. The zero-order valence-corrected chi connectivity index (χ0v) is 9.06. The molecule has 1 aliphatic rings. The van der Waals surface area contributed by atoms with Crippen molar-refractivity contribution in [2.24, 2.45) is 0 Å². The number of aromatic nitrogens is 1. The largest absolute Gasteiger partial charge is 0.480 e. The lowest BCUT2D eigenvalue weighted by molar-refractivity contribution is 0.0692. The van der Waals surface area contributed by atoms with E-state index in [1.54, 1.807) is 12.1 Å². The summed E-state index contributed by atoms with van der Waals surface area (Å²) in [6.07, 6.45) is 1.03. The van der Waals surface area contributed by atoms with Gasteiger partial charge in [0.15, 0.2) is 0 Å². The molecule has 2 N–H and O–H groups in total. The molecule has 0 bridgehead atoms. The van der Waals surface area contributed by atoms with E-state index in [9.17, 15) is 4.79 Å². The van der Waals surface area contributed by atoms with Gasteiger partial charge in [-0.15, -0.1) is 0 Å². The molecule has 5 heteroatoms. The Morgan fingerprint density at radius 1 is 1.62 bits per heavy atom. The number of methoxy groups -OCH3 is 1. The Balaban J connectivity index is 2.32. The van der Waals surface area contributed by atoms with Crippen molar-refractivity contribution in [1.29, 1.82) is 0 Å². The molecule has 1 fully saturated rings. The van der Waals surface area contributed by atoms with Crippen LogP contribution in [0.15, 0.2) is 12.1 Å². The third-order valence-electron chi connectivity index (χ3n) is 2.78. The van der Waals surface area contributed by atoms with Crippen molar-refractivity contribution in [3.63, 3.8) is 0 Å². The van der Waals surface area contributed by atoms with Gasteiger partial charge in [-0.3, -0.25) is 0 Å². The smallest absolute Gasteiger partial charge is 0.341 e. The molecule has 0 aromatic carbocycles. The Morgan fingerprint density at radius 2 is 2.44 bits per heavy atom. The van der Waals surface area contributed by atoms with E-state index in [0.717, 1.165) is 25.2 Å². The topological polar surface area (TPSA) is 71.5 Å². The molecule has 0 aliphatic carbocycles. The maximum atomic E-state index is 10.9. The van der Waals surface area contributed by atoms with Gasteiger partial charge in [0.05, 0.1) is 7.11 Å². The molecule has 1 saturated heterocycles. The zero-order chi connectivity index (χ0) is 11.5. The first-order chi connectivity index (χ1) is 7.72. The minimum atomic E-state index is -1.01. The number of hydrogen-bond donors (Lipinski definition) is 2. The third kappa shape index (κ3) is 1.99. The molecular formula is C11H14N2O3. The number of rotatable bonds is 3. The third-order valence-corrected chi connectivity index (χ3v) is 2.78. The van der Waals surface area contributed by atoms with E-state index in [1.807, 2.05) is 0 Å². The Morgan fingerprint density at radius 3 is 3.00 bits per heavy atom. The fourth-order valence-electron chi connectivity index (χ4n) is 1.91. The number of ether oxygens (including phenoxy) is 1. The van der Waals surface area contributed by atoms with Crippen LogP contribution in [-0.4, -0.2) is 36.3 Å². The number of carboxylic acids is 1. The van der Waals surface area contributed by atoms with Crippen LogP contribution < -0.4 is 10.1 Å². The molecule has 1 atom stereocenters. The fourth-order valence-corrected chi connectivity index (χ4v) is 1.91. The summed E-state index contributed by atoms with van der Waals surface area (Å²) < 4.78 is 4.99. The highest BCUT2D eigenvalue weighted by Gasteiger charge is 2.20. The van der Waals surface area contributed by atoms with E-state index < -0.39 is 5.97 Å². The van der Waals surface area contributed by atoms with Gasteiger partial charge in [-0.05, 0) is 25.1 Å². The number of hydrogen-bond acceptors (Lipinski definition) is 4. The second-order valence-electron chi connectivity index (χ2n) is 3.79. The monoisotopic (exact) mass is 222 g/mol. The summed E-state index contributed by atoms with van der Waals surface area (Å²) in [4.78, 5) is 15.1. The first-order valence-corrected chi connectivity index (χ1v) is 5.21. The van der Waals surface area contributed by atoms with Crippen LogP contribution in [0.4, 0.5) is 0 Å². The van der Waals surface area contributed by atoms with Crippen LogP contribution in [0.5, 0.6) is 5.88 Å². The molecule has 2 rings (SSSR count). The van der Waals surface area contributed by atoms with Crippen molar-refractivity contribution in [2.75, 3.05) is 20.2 Å². The van der Waals surface area contributed by atoms with E-state index in [1.165, 1.54) is 7.11 Å². The number of nitrogens with zero attached hydrogens (tertiary/aromatic N) is 1. The van der Waals surface area contributed by atoms with Gasteiger partial charge in [-0.25, -0.2) is 9.78 Å². The number of nitrogens with one attached hydrogen (secondary N) is 1. The predicted molar refractivity (Wildman–Crippen MR) is 58.0 cm³/mol. The summed E-state index contributed by atoms with van der Waals surface area (Å²) in [6.45, 7) is 1.87. The molecule has 0 spiro atoms. The van der Waals surface area contributed by atoms with Crippen LogP contribution in [-0.2, 0) is 0 Å². The van der Waals surface area contributed by atoms with Crippen LogP contribution >= 0.6 is 0 Å². The van der Waals surface area contributed by atoms with Gasteiger partial charge < -0.3 is 15.2 Å². The molecule has 0 radical (unpaired) electrons. The number of pyridine rings is 1. The highest BCUT2D eigenvalue weighted by molar-refractivity contribution is 5.90. The van der Waals surface area contributed by atoms with Gasteiger partial charge in [0, 0.05) is 18.2 Å².